The Labute approximate surface area is 101 Å². The summed E-state index contributed by atoms with van der Waals surface area (Å²) in [4.78, 5) is 4.30. The zero-order valence-electron chi connectivity index (χ0n) is 8.11. The number of alkyl halides is 1. The lowest BCUT2D eigenvalue weighted by Gasteiger charge is -2.04. The molecule has 0 aliphatic rings. The predicted molar refractivity (Wildman–Crippen MR) is 63.4 cm³/mol. The summed E-state index contributed by atoms with van der Waals surface area (Å²) < 4.78 is 2.63. The molecule has 0 aromatic carbocycles. The third kappa shape index (κ3) is 2.21. The molecule has 0 radical (unpaired) electrons. The third-order valence-corrected chi connectivity index (χ3v) is 2.85. The average Bonchev–Trinajstić information content (AvgIpc) is 2.64. The molecule has 78 valence electrons. The molecule has 2 aromatic heterocycles. The summed E-state index contributed by atoms with van der Waals surface area (Å²) >= 11 is 9.17. The van der Waals surface area contributed by atoms with E-state index in [4.69, 9.17) is 11.6 Å². The van der Waals surface area contributed by atoms with Crippen LogP contribution in [-0.4, -0.2) is 14.8 Å². The van der Waals surface area contributed by atoms with E-state index in [1.165, 1.54) is 0 Å². The van der Waals surface area contributed by atoms with Gasteiger partial charge in [-0.25, -0.2) is 9.67 Å². The molecule has 2 rings (SSSR count). The number of aryl methyl sites for hydroxylation is 1. The Kier molecular flexibility index (Phi) is 3.07. The van der Waals surface area contributed by atoms with Gasteiger partial charge >= 0.3 is 0 Å². The fourth-order valence-corrected chi connectivity index (χ4v) is 1.96. The van der Waals surface area contributed by atoms with Gasteiger partial charge in [0.05, 0.1) is 10.7 Å². The molecule has 0 fully saturated rings. The molecule has 0 saturated heterocycles. The number of hydrogen-bond donors (Lipinski definition) is 0. The van der Waals surface area contributed by atoms with Crippen LogP contribution in [-0.2, 0) is 5.88 Å². The smallest absolute Gasteiger partial charge is 0.167 e. The van der Waals surface area contributed by atoms with E-state index < -0.39 is 0 Å². The molecule has 0 atom stereocenters. The second-order valence-corrected chi connectivity index (χ2v) is 4.37. The van der Waals surface area contributed by atoms with Gasteiger partial charge in [-0.3, -0.25) is 0 Å². The Balaban J connectivity index is 2.45. The van der Waals surface area contributed by atoms with Crippen LogP contribution >= 0.6 is 27.5 Å². The zero-order chi connectivity index (χ0) is 10.8. The highest BCUT2D eigenvalue weighted by Gasteiger charge is 2.05. The van der Waals surface area contributed by atoms with Crippen LogP contribution in [0.5, 0.6) is 0 Å². The molecule has 2 heterocycles. The minimum atomic E-state index is 0.462. The van der Waals surface area contributed by atoms with Crippen molar-refractivity contribution in [2.45, 2.75) is 12.8 Å². The van der Waals surface area contributed by atoms with Gasteiger partial charge in [-0.05, 0) is 40.0 Å². The van der Waals surface area contributed by atoms with Gasteiger partial charge in [0.2, 0.25) is 0 Å². The first kappa shape index (κ1) is 10.6. The number of aromatic nitrogens is 3. The Morgan fingerprint density at radius 2 is 2.27 bits per heavy atom. The van der Waals surface area contributed by atoms with Gasteiger partial charge in [0.25, 0.3) is 0 Å². The maximum absolute atomic E-state index is 5.72. The van der Waals surface area contributed by atoms with Crippen molar-refractivity contribution in [2.24, 2.45) is 0 Å². The quantitative estimate of drug-likeness (QED) is 0.794. The van der Waals surface area contributed by atoms with Gasteiger partial charge < -0.3 is 0 Å². The van der Waals surface area contributed by atoms with Crippen LogP contribution in [0.25, 0.3) is 5.82 Å². The van der Waals surface area contributed by atoms with Gasteiger partial charge in [0, 0.05) is 18.3 Å². The predicted octanol–water partition coefficient (Wildman–Crippen LogP) is 3.08. The van der Waals surface area contributed by atoms with E-state index in [-0.39, 0.29) is 0 Å². The molecule has 0 bridgehead atoms. The SMILES string of the molecule is Cc1cnn(-c2ncc(CCl)cc2Br)c1. The molecular weight excluding hydrogens is 277 g/mol. The van der Waals surface area contributed by atoms with Gasteiger partial charge in [-0.2, -0.15) is 5.10 Å². The lowest BCUT2D eigenvalue weighted by atomic mass is 10.3. The van der Waals surface area contributed by atoms with Crippen molar-refractivity contribution in [2.75, 3.05) is 0 Å². The molecule has 0 saturated carbocycles. The number of pyridine rings is 1. The molecule has 0 N–H and O–H groups in total. The maximum atomic E-state index is 5.72. The van der Waals surface area contributed by atoms with Crippen LogP contribution in [0.4, 0.5) is 0 Å². The molecule has 5 heteroatoms. The van der Waals surface area contributed by atoms with Crippen LogP contribution in [0.2, 0.25) is 0 Å². The molecule has 0 aliphatic carbocycles. The Morgan fingerprint density at radius 3 is 2.80 bits per heavy atom. The van der Waals surface area contributed by atoms with Crippen molar-refractivity contribution in [3.8, 4) is 5.82 Å². The maximum Gasteiger partial charge on any atom is 0.167 e. The van der Waals surface area contributed by atoms with Crippen molar-refractivity contribution < 1.29 is 0 Å². The van der Waals surface area contributed by atoms with Crippen molar-refractivity contribution in [3.63, 3.8) is 0 Å². The first-order chi connectivity index (χ1) is 7.20. The monoisotopic (exact) mass is 285 g/mol. The largest absolute Gasteiger partial charge is 0.236 e. The molecular formula is C10H9BrClN3. The van der Waals surface area contributed by atoms with Crippen LogP contribution in [0, 0.1) is 6.92 Å². The van der Waals surface area contributed by atoms with E-state index in [1.54, 1.807) is 17.1 Å². The fourth-order valence-electron chi connectivity index (χ4n) is 1.24. The Hall–Kier alpha value is -0.870. The first-order valence-corrected chi connectivity index (χ1v) is 5.75. The van der Waals surface area contributed by atoms with Gasteiger partial charge in [-0.15, -0.1) is 11.6 Å². The highest BCUT2D eigenvalue weighted by molar-refractivity contribution is 9.10. The van der Waals surface area contributed by atoms with Crippen molar-refractivity contribution in [1.29, 1.82) is 0 Å². The Bertz CT molecular complexity index is 481. The molecule has 2 aromatic rings. The molecule has 3 nitrogen and oxygen atoms in total. The lowest BCUT2D eigenvalue weighted by molar-refractivity contribution is 0.839. The average molecular weight is 287 g/mol. The zero-order valence-corrected chi connectivity index (χ0v) is 10.5. The lowest BCUT2D eigenvalue weighted by Crippen LogP contribution is -1.99. The van der Waals surface area contributed by atoms with Gasteiger partial charge in [-0.1, -0.05) is 0 Å². The number of rotatable bonds is 2. The minimum absolute atomic E-state index is 0.462. The summed E-state index contributed by atoms with van der Waals surface area (Å²) in [5.41, 5.74) is 2.08. The van der Waals surface area contributed by atoms with E-state index in [0.717, 1.165) is 21.4 Å². The second kappa shape index (κ2) is 4.33. The Morgan fingerprint density at radius 1 is 1.47 bits per heavy atom. The summed E-state index contributed by atoms with van der Waals surface area (Å²) in [5, 5.41) is 4.19. The molecule has 0 amide bonds. The second-order valence-electron chi connectivity index (χ2n) is 3.24. The first-order valence-electron chi connectivity index (χ1n) is 4.42. The highest BCUT2D eigenvalue weighted by Crippen LogP contribution is 2.20. The third-order valence-electron chi connectivity index (χ3n) is 1.96. The van der Waals surface area contributed by atoms with E-state index in [9.17, 15) is 0 Å². The standard InChI is InChI=1S/C10H9BrClN3/c1-7-4-14-15(6-7)10-9(11)2-8(3-12)5-13-10/h2,4-6H,3H2,1H3. The van der Waals surface area contributed by atoms with Crippen molar-refractivity contribution in [3.05, 3.63) is 40.3 Å². The van der Waals surface area contributed by atoms with Crippen molar-refractivity contribution in [1.82, 2.24) is 14.8 Å². The van der Waals surface area contributed by atoms with E-state index in [0.29, 0.717) is 5.88 Å². The van der Waals surface area contributed by atoms with Crippen LogP contribution in [0.15, 0.2) is 29.1 Å². The van der Waals surface area contributed by atoms with Gasteiger partial charge in [0.1, 0.15) is 0 Å². The highest BCUT2D eigenvalue weighted by atomic mass is 79.9. The topological polar surface area (TPSA) is 30.7 Å². The molecule has 0 spiro atoms. The summed E-state index contributed by atoms with van der Waals surface area (Å²) in [6.07, 6.45) is 5.47. The summed E-state index contributed by atoms with van der Waals surface area (Å²) in [5.74, 6) is 1.24. The fraction of sp³-hybridized carbons (Fsp3) is 0.200. The molecule has 0 aliphatic heterocycles. The van der Waals surface area contributed by atoms with E-state index >= 15 is 0 Å². The number of hydrogen-bond acceptors (Lipinski definition) is 2. The minimum Gasteiger partial charge on any atom is -0.236 e. The molecule has 0 unspecified atom stereocenters. The van der Waals surface area contributed by atoms with Gasteiger partial charge in [0.15, 0.2) is 5.82 Å². The summed E-state index contributed by atoms with van der Waals surface area (Å²) in [7, 11) is 0. The van der Waals surface area contributed by atoms with Crippen LogP contribution in [0.3, 0.4) is 0 Å². The van der Waals surface area contributed by atoms with Crippen LogP contribution < -0.4 is 0 Å². The molecule has 15 heavy (non-hydrogen) atoms. The summed E-state index contributed by atoms with van der Waals surface area (Å²) in [6.45, 7) is 1.99. The number of nitrogens with zero attached hydrogens (tertiary/aromatic N) is 3. The van der Waals surface area contributed by atoms with E-state index in [1.807, 2.05) is 19.2 Å². The summed E-state index contributed by atoms with van der Waals surface area (Å²) in [6, 6.07) is 1.95. The normalized spacial score (nSPS) is 10.6. The van der Waals surface area contributed by atoms with Crippen molar-refractivity contribution >= 4 is 27.5 Å². The van der Waals surface area contributed by atoms with Crippen LogP contribution in [0.1, 0.15) is 11.1 Å². The van der Waals surface area contributed by atoms with E-state index in [2.05, 4.69) is 26.0 Å². The number of halogens is 2.